The van der Waals surface area contributed by atoms with Crippen molar-refractivity contribution in [1.82, 2.24) is 14.9 Å². The Balaban J connectivity index is 1.79. The van der Waals surface area contributed by atoms with Crippen molar-refractivity contribution in [3.63, 3.8) is 0 Å². The van der Waals surface area contributed by atoms with E-state index in [0.29, 0.717) is 5.92 Å². The molecule has 1 unspecified atom stereocenters. The van der Waals surface area contributed by atoms with Crippen LogP contribution in [0.1, 0.15) is 29.8 Å². The zero-order valence-electron chi connectivity index (χ0n) is 10.8. The number of nitrogens with one attached hydrogen (secondary N) is 1. The van der Waals surface area contributed by atoms with Gasteiger partial charge < -0.3 is 9.88 Å². The van der Waals surface area contributed by atoms with Crippen LogP contribution in [0.5, 0.6) is 0 Å². The predicted octanol–water partition coefficient (Wildman–Crippen LogP) is 2.33. The predicted molar refractivity (Wildman–Crippen MR) is 72.5 cm³/mol. The van der Waals surface area contributed by atoms with Crippen molar-refractivity contribution in [3.05, 3.63) is 53.6 Å². The summed E-state index contributed by atoms with van der Waals surface area (Å²) < 4.78 is 2.33. The molecule has 0 bridgehead atoms. The molecule has 2 aromatic rings. The van der Waals surface area contributed by atoms with Gasteiger partial charge in [-0.15, -0.1) is 0 Å². The third kappa shape index (κ3) is 2.18. The summed E-state index contributed by atoms with van der Waals surface area (Å²) in [6.07, 6.45) is 3.09. The molecule has 1 aromatic heterocycles. The van der Waals surface area contributed by atoms with Gasteiger partial charge >= 0.3 is 0 Å². The van der Waals surface area contributed by atoms with Crippen molar-refractivity contribution >= 4 is 0 Å². The van der Waals surface area contributed by atoms with E-state index in [9.17, 15) is 0 Å². The summed E-state index contributed by atoms with van der Waals surface area (Å²) in [5.41, 5.74) is 4.03. The summed E-state index contributed by atoms with van der Waals surface area (Å²) in [6.45, 7) is 5.29. The molecule has 18 heavy (non-hydrogen) atoms. The Morgan fingerprint density at radius 3 is 3.00 bits per heavy atom. The van der Waals surface area contributed by atoms with Crippen LogP contribution in [0.2, 0.25) is 0 Å². The number of rotatable bonds is 3. The standard InChI is InChI=1S/C15H19N3/c1-12(13-5-3-2-4-6-13)10-18-11-17-14-9-16-8-7-15(14)18/h2-6,11-12,16H,7-10H2,1H3. The maximum Gasteiger partial charge on any atom is 0.0952 e. The molecule has 3 heteroatoms. The normalized spacial score (nSPS) is 16.3. The molecule has 0 saturated heterocycles. The van der Waals surface area contributed by atoms with Crippen LogP contribution in [0.15, 0.2) is 36.7 Å². The van der Waals surface area contributed by atoms with Gasteiger partial charge in [0.2, 0.25) is 0 Å². The lowest BCUT2D eigenvalue weighted by molar-refractivity contribution is 0.548. The van der Waals surface area contributed by atoms with Crippen LogP contribution in [-0.2, 0) is 19.5 Å². The highest BCUT2D eigenvalue weighted by atomic mass is 15.1. The van der Waals surface area contributed by atoms with Gasteiger partial charge in [-0.2, -0.15) is 0 Å². The van der Waals surface area contributed by atoms with Crippen molar-refractivity contribution in [3.8, 4) is 0 Å². The summed E-state index contributed by atoms with van der Waals surface area (Å²) in [7, 11) is 0. The Bertz CT molecular complexity index is 516. The van der Waals surface area contributed by atoms with Gasteiger partial charge in [-0.1, -0.05) is 37.3 Å². The van der Waals surface area contributed by atoms with Crippen molar-refractivity contribution in [2.75, 3.05) is 6.54 Å². The first-order valence-electron chi connectivity index (χ1n) is 6.63. The first-order valence-corrected chi connectivity index (χ1v) is 6.63. The molecule has 2 heterocycles. The van der Waals surface area contributed by atoms with Crippen LogP contribution in [0.4, 0.5) is 0 Å². The van der Waals surface area contributed by atoms with E-state index in [1.165, 1.54) is 17.0 Å². The van der Waals surface area contributed by atoms with E-state index in [1.54, 1.807) is 0 Å². The van der Waals surface area contributed by atoms with Crippen LogP contribution in [-0.4, -0.2) is 16.1 Å². The molecule has 1 atom stereocenters. The van der Waals surface area contributed by atoms with Crippen molar-refractivity contribution < 1.29 is 0 Å². The molecule has 1 aromatic carbocycles. The molecule has 0 radical (unpaired) electrons. The van der Waals surface area contributed by atoms with E-state index in [-0.39, 0.29) is 0 Å². The van der Waals surface area contributed by atoms with Crippen molar-refractivity contribution in [1.29, 1.82) is 0 Å². The number of nitrogens with zero attached hydrogens (tertiary/aromatic N) is 2. The van der Waals surface area contributed by atoms with Crippen LogP contribution >= 0.6 is 0 Å². The molecule has 1 N–H and O–H groups in total. The van der Waals surface area contributed by atoms with E-state index in [2.05, 4.69) is 52.1 Å². The number of hydrogen-bond donors (Lipinski definition) is 1. The Labute approximate surface area is 108 Å². The van der Waals surface area contributed by atoms with Gasteiger partial charge in [0, 0.05) is 31.7 Å². The second kappa shape index (κ2) is 4.94. The van der Waals surface area contributed by atoms with Gasteiger partial charge in [-0.3, -0.25) is 0 Å². The number of benzene rings is 1. The molecule has 94 valence electrons. The van der Waals surface area contributed by atoms with Crippen LogP contribution in [0, 0.1) is 0 Å². The molecule has 1 aliphatic rings. The smallest absolute Gasteiger partial charge is 0.0952 e. The van der Waals surface area contributed by atoms with Gasteiger partial charge in [0.15, 0.2) is 0 Å². The second-order valence-electron chi connectivity index (χ2n) is 5.03. The topological polar surface area (TPSA) is 29.9 Å². The van der Waals surface area contributed by atoms with E-state index in [0.717, 1.165) is 26.1 Å². The molecule has 3 rings (SSSR count). The van der Waals surface area contributed by atoms with Crippen LogP contribution in [0.25, 0.3) is 0 Å². The Kier molecular flexibility index (Phi) is 3.15. The minimum atomic E-state index is 0.527. The van der Waals surface area contributed by atoms with Crippen molar-refractivity contribution in [2.24, 2.45) is 0 Å². The summed E-state index contributed by atoms with van der Waals surface area (Å²) in [4.78, 5) is 4.50. The lowest BCUT2D eigenvalue weighted by atomic mass is 10.0. The Hall–Kier alpha value is -1.61. The average molecular weight is 241 g/mol. The third-order valence-electron chi connectivity index (χ3n) is 3.70. The third-order valence-corrected chi connectivity index (χ3v) is 3.70. The number of aromatic nitrogens is 2. The monoisotopic (exact) mass is 241 g/mol. The fourth-order valence-corrected chi connectivity index (χ4v) is 2.64. The fraction of sp³-hybridized carbons (Fsp3) is 0.400. The quantitative estimate of drug-likeness (QED) is 0.894. The molecule has 3 nitrogen and oxygen atoms in total. The van der Waals surface area contributed by atoms with E-state index >= 15 is 0 Å². The lowest BCUT2D eigenvalue weighted by Gasteiger charge is -2.18. The summed E-state index contributed by atoms with van der Waals surface area (Å²) in [5, 5.41) is 3.36. The Morgan fingerprint density at radius 1 is 1.33 bits per heavy atom. The van der Waals surface area contributed by atoms with E-state index in [4.69, 9.17) is 0 Å². The lowest BCUT2D eigenvalue weighted by Crippen LogP contribution is -2.25. The Morgan fingerprint density at radius 2 is 2.17 bits per heavy atom. The summed E-state index contributed by atoms with van der Waals surface area (Å²) >= 11 is 0. The minimum Gasteiger partial charge on any atom is -0.334 e. The summed E-state index contributed by atoms with van der Waals surface area (Å²) in [5.74, 6) is 0.527. The van der Waals surface area contributed by atoms with Gasteiger partial charge in [0.25, 0.3) is 0 Å². The molecule has 0 spiro atoms. The number of hydrogen-bond acceptors (Lipinski definition) is 2. The first-order chi connectivity index (χ1) is 8.84. The highest BCUT2D eigenvalue weighted by Gasteiger charge is 2.16. The van der Waals surface area contributed by atoms with E-state index in [1.807, 2.05) is 6.33 Å². The second-order valence-corrected chi connectivity index (χ2v) is 5.03. The SMILES string of the molecule is CC(Cn1cnc2c1CCNC2)c1ccccc1. The fourth-order valence-electron chi connectivity index (χ4n) is 2.64. The highest BCUT2D eigenvalue weighted by molar-refractivity contribution is 5.20. The molecule has 1 aliphatic heterocycles. The van der Waals surface area contributed by atoms with Gasteiger partial charge in [-0.05, 0) is 11.5 Å². The first kappa shape index (κ1) is 11.5. The average Bonchev–Trinajstić information content (AvgIpc) is 2.83. The van der Waals surface area contributed by atoms with Crippen LogP contribution < -0.4 is 5.32 Å². The minimum absolute atomic E-state index is 0.527. The van der Waals surface area contributed by atoms with Gasteiger partial charge in [0.05, 0.1) is 12.0 Å². The number of imidazole rings is 1. The largest absolute Gasteiger partial charge is 0.334 e. The molecular formula is C15H19N3. The van der Waals surface area contributed by atoms with E-state index < -0.39 is 0 Å². The molecule has 0 aliphatic carbocycles. The number of fused-ring (bicyclic) bond motifs is 1. The summed E-state index contributed by atoms with van der Waals surface area (Å²) in [6, 6.07) is 10.7. The van der Waals surface area contributed by atoms with Gasteiger partial charge in [-0.25, -0.2) is 4.98 Å². The van der Waals surface area contributed by atoms with Crippen molar-refractivity contribution in [2.45, 2.75) is 32.4 Å². The zero-order valence-corrected chi connectivity index (χ0v) is 10.8. The molecule has 0 saturated carbocycles. The molecule has 0 amide bonds. The molecule has 0 fully saturated rings. The molecular weight excluding hydrogens is 222 g/mol. The highest BCUT2D eigenvalue weighted by Crippen LogP contribution is 2.20. The zero-order chi connectivity index (χ0) is 12.4. The van der Waals surface area contributed by atoms with Gasteiger partial charge in [0.1, 0.15) is 0 Å². The maximum atomic E-state index is 4.50. The maximum absolute atomic E-state index is 4.50. The van der Waals surface area contributed by atoms with Crippen LogP contribution in [0.3, 0.4) is 0 Å².